The maximum absolute atomic E-state index is 12.7. The Morgan fingerprint density at radius 3 is 2.81 bits per heavy atom. The molecule has 0 unspecified atom stereocenters. The normalized spacial score (nSPS) is 20.7. The third-order valence-corrected chi connectivity index (χ3v) is 4.77. The van der Waals surface area contributed by atoms with Gasteiger partial charge in [-0.3, -0.25) is 4.79 Å². The number of fused-ring (bicyclic) bond motifs is 2. The zero-order chi connectivity index (χ0) is 18.8. The Morgan fingerprint density at radius 1 is 1.19 bits per heavy atom. The third kappa shape index (κ3) is 3.82. The van der Waals surface area contributed by atoms with Gasteiger partial charge in [-0.1, -0.05) is 18.2 Å². The lowest BCUT2D eigenvalue weighted by Crippen LogP contribution is -2.45. The fraction of sp³-hybridized carbons (Fsp3) is 0.350. The van der Waals surface area contributed by atoms with Crippen molar-refractivity contribution in [3.63, 3.8) is 0 Å². The third-order valence-electron chi connectivity index (χ3n) is 4.77. The van der Waals surface area contributed by atoms with Gasteiger partial charge < -0.3 is 19.5 Å². The molecule has 2 aliphatic rings. The van der Waals surface area contributed by atoms with Crippen LogP contribution < -0.4 is 19.5 Å². The molecular weight excluding hydrogens is 356 g/mol. The van der Waals surface area contributed by atoms with Gasteiger partial charge in [-0.2, -0.15) is 8.78 Å². The summed E-state index contributed by atoms with van der Waals surface area (Å²) < 4.78 is 40.6. The molecule has 1 N–H and O–H groups in total. The number of halogens is 2. The lowest BCUT2D eigenvalue weighted by molar-refractivity contribution is -0.131. The quantitative estimate of drug-likeness (QED) is 0.887. The summed E-state index contributed by atoms with van der Waals surface area (Å²) in [5, 5.41) is 3.00. The van der Waals surface area contributed by atoms with E-state index in [9.17, 15) is 13.6 Å². The molecule has 5 nitrogen and oxygen atoms in total. The Hall–Kier alpha value is -2.83. The zero-order valence-corrected chi connectivity index (χ0v) is 14.5. The topological polar surface area (TPSA) is 56.8 Å². The Labute approximate surface area is 155 Å². The Bertz CT molecular complexity index is 842. The average Bonchev–Trinajstić information content (AvgIpc) is 2.67. The van der Waals surface area contributed by atoms with Crippen molar-refractivity contribution in [1.82, 2.24) is 5.32 Å². The number of rotatable bonds is 4. The van der Waals surface area contributed by atoms with E-state index >= 15 is 0 Å². The van der Waals surface area contributed by atoms with Crippen molar-refractivity contribution < 1.29 is 27.8 Å². The zero-order valence-electron chi connectivity index (χ0n) is 14.5. The molecule has 142 valence electrons. The van der Waals surface area contributed by atoms with Crippen molar-refractivity contribution in [3.05, 3.63) is 53.6 Å². The monoisotopic (exact) mass is 375 g/mol. The van der Waals surface area contributed by atoms with Crippen molar-refractivity contribution in [3.8, 4) is 17.2 Å². The maximum atomic E-state index is 12.7. The molecular formula is C20H19F2NO4. The van der Waals surface area contributed by atoms with Crippen LogP contribution in [0.15, 0.2) is 42.5 Å². The average molecular weight is 375 g/mol. The van der Waals surface area contributed by atoms with Crippen LogP contribution in [0.2, 0.25) is 0 Å². The number of alkyl halides is 2. The first-order chi connectivity index (χ1) is 13.1. The minimum absolute atomic E-state index is 0.136. The molecule has 1 aliphatic carbocycles. The molecule has 7 heteroatoms. The van der Waals surface area contributed by atoms with Crippen LogP contribution in [0.4, 0.5) is 8.78 Å². The van der Waals surface area contributed by atoms with Crippen molar-refractivity contribution in [2.75, 3.05) is 6.61 Å². The second-order valence-electron chi connectivity index (χ2n) is 6.56. The van der Waals surface area contributed by atoms with Crippen molar-refractivity contribution in [2.24, 2.45) is 0 Å². The van der Waals surface area contributed by atoms with E-state index in [1.54, 1.807) is 24.3 Å². The highest BCUT2D eigenvalue weighted by atomic mass is 19.3. The summed E-state index contributed by atoms with van der Waals surface area (Å²) in [5.41, 5.74) is 1.84. The molecule has 0 saturated carbocycles. The lowest BCUT2D eigenvalue weighted by atomic mass is 9.87. The molecule has 4 rings (SSSR count). The van der Waals surface area contributed by atoms with E-state index in [0.29, 0.717) is 11.5 Å². The molecule has 1 aliphatic heterocycles. The molecule has 1 heterocycles. The number of carbonyl (C=O) groups excluding carboxylic acids is 1. The summed E-state index contributed by atoms with van der Waals surface area (Å²) in [6.45, 7) is -2.71. The van der Waals surface area contributed by atoms with Gasteiger partial charge in [-0.05, 0) is 54.7 Å². The molecule has 0 spiro atoms. The van der Waals surface area contributed by atoms with Crippen LogP contribution in [-0.4, -0.2) is 25.2 Å². The SMILES string of the molecule is O=C(N[C@H]1CCCc2cc(OC(F)F)ccc21)[C@H]1COc2ccccc2O1. The van der Waals surface area contributed by atoms with Gasteiger partial charge in [0.2, 0.25) is 6.10 Å². The van der Waals surface area contributed by atoms with Crippen LogP contribution in [0.3, 0.4) is 0 Å². The van der Waals surface area contributed by atoms with E-state index in [0.717, 1.165) is 30.4 Å². The number of para-hydroxylation sites is 2. The van der Waals surface area contributed by atoms with Gasteiger partial charge in [0, 0.05) is 0 Å². The van der Waals surface area contributed by atoms with Gasteiger partial charge in [-0.25, -0.2) is 0 Å². The van der Waals surface area contributed by atoms with Gasteiger partial charge in [-0.15, -0.1) is 0 Å². The largest absolute Gasteiger partial charge is 0.485 e. The Kier molecular flexibility index (Phi) is 4.83. The van der Waals surface area contributed by atoms with Crippen molar-refractivity contribution in [1.29, 1.82) is 0 Å². The van der Waals surface area contributed by atoms with Gasteiger partial charge in [0.15, 0.2) is 11.5 Å². The van der Waals surface area contributed by atoms with Crippen LogP contribution in [0, 0.1) is 0 Å². The van der Waals surface area contributed by atoms with E-state index in [4.69, 9.17) is 9.47 Å². The summed E-state index contributed by atoms with van der Waals surface area (Å²) in [6, 6.07) is 11.9. The summed E-state index contributed by atoms with van der Waals surface area (Å²) in [7, 11) is 0. The van der Waals surface area contributed by atoms with Gasteiger partial charge in [0.05, 0.1) is 6.04 Å². The summed E-state index contributed by atoms with van der Waals surface area (Å²) in [6.07, 6.45) is 1.66. The van der Waals surface area contributed by atoms with Crippen LogP contribution in [0.25, 0.3) is 0 Å². The molecule has 0 saturated heterocycles. The number of nitrogens with one attached hydrogen (secondary N) is 1. The van der Waals surface area contributed by atoms with Crippen molar-refractivity contribution in [2.45, 2.75) is 38.0 Å². The second-order valence-corrected chi connectivity index (χ2v) is 6.56. The Balaban J connectivity index is 1.45. The fourth-order valence-corrected chi connectivity index (χ4v) is 3.53. The van der Waals surface area contributed by atoms with Crippen molar-refractivity contribution >= 4 is 5.91 Å². The van der Waals surface area contributed by atoms with E-state index in [1.165, 1.54) is 6.07 Å². The first-order valence-corrected chi connectivity index (χ1v) is 8.86. The first-order valence-electron chi connectivity index (χ1n) is 8.86. The summed E-state index contributed by atoms with van der Waals surface area (Å²) in [5.74, 6) is 1.05. The molecule has 0 radical (unpaired) electrons. The molecule has 2 aromatic rings. The van der Waals surface area contributed by atoms with Gasteiger partial charge >= 0.3 is 6.61 Å². The van der Waals surface area contributed by atoms with Gasteiger partial charge in [0.25, 0.3) is 5.91 Å². The molecule has 0 fully saturated rings. The molecule has 27 heavy (non-hydrogen) atoms. The van der Waals surface area contributed by atoms with Crippen LogP contribution in [0.5, 0.6) is 17.2 Å². The van der Waals surface area contributed by atoms with E-state index in [2.05, 4.69) is 10.1 Å². The van der Waals surface area contributed by atoms with Crippen LogP contribution >= 0.6 is 0 Å². The smallest absolute Gasteiger partial charge is 0.387 e. The number of carbonyl (C=O) groups is 1. The number of ether oxygens (including phenoxy) is 3. The fourth-order valence-electron chi connectivity index (χ4n) is 3.53. The molecule has 2 aromatic carbocycles. The van der Waals surface area contributed by atoms with E-state index < -0.39 is 12.7 Å². The molecule has 0 bridgehead atoms. The lowest BCUT2D eigenvalue weighted by Gasteiger charge is -2.30. The minimum atomic E-state index is -2.85. The first kappa shape index (κ1) is 17.6. The number of aryl methyl sites for hydroxylation is 1. The Morgan fingerprint density at radius 2 is 2.00 bits per heavy atom. The van der Waals surface area contributed by atoms with E-state index in [-0.39, 0.29) is 24.3 Å². The molecule has 2 atom stereocenters. The van der Waals surface area contributed by atoms with Crippen LogP contribution in [-0.2, 0) is 11.2 Å². The van der Waals surface area contributed by atoms with Gasteiger partial charge in [0.1, 0.15) is 12.4 Å². The summed E-state index contributed by atoms with van der Waals surface area (Å²) >= 11 is 0. The predicted octanol–water partition coefficient (Wildman–Crippen LogP) is 3.62. The highest BCUT2D eigenvalue weighted by Crippen LogP contribution is 2.34. The molecule has 0 aromatic heterocycles. The molecule has 1 amide bonds. The number of amides is 1. The highest BCUT2D eigenvalue weighted by Gasteiger charge is 2.30. The van der Waals surface area contributed by atoms with Crippen LogP contribution in [0.1, 0.15) is 30.0 Å². The summed E-state index contributed by atoms with van der Waals surface area (Å²) in [4.78, 5) is 12.7. The number of benzene rings is 2. The standard InChI is InChI=1S/C20H19F2NO4/c21-20(22)26-13-8-9-14-12(10-13)4-3-5-15(14)23-19(24)18-11-25-16-6-1-2-7-17(16)27-18/h1-2,6-10,15,18,20H,3-5,11H2,(H,23,24)/t15-,18+/m0/s1. The number of hydrogen-bond donors (Lipinski definition) is 1. The second kappa shape index (κ2) is 7.42. The van der Waals surface area contributed by atoms with E-state index in [1.807, 2.05) is 12.1 Å². The minimum Gasteiger partial charge on any atom is -0.485 e. The highest BCUT2D eigenvalue weighted by molar-refractivity contribution is 5.82. The maximum Gasteiger partial charge on any atom is 0.387 e. The number of hydrogen-bond acceptors (Lipinski definition) is 4. The predicted molar refractivity (Wildman–Crippen MR) is 93.2 cm³/mol.